The molecular formula is C11H11ClNO4-. The Morgan fingerprint density at radius 2 is 2.00 bits per heavy atom. The fourth-order valence-electron chi connectivity index (χ4n) is 1.24. The molecule has 2 N–H and O–H groups in total. The second kappa shape index (κ2) is 5.65. The van der Waals surface area contributed by atoms with Gasteiger partial charge < -0.3 is 20.3 Å². The van der Waals surface area contributed by atoms with Gasteiger partial charge in [0.1, 0.15) is 0 Å². The Bertz CT molecular complexity index is 433. The van der Waals surface area contributed by atoms with Crippen molar-refractivity contribution in [2.24, 2.45) is 0 Å². The molecular weight excluding hydrogens is 246 g/mol. The number of carbonyl (C=O) groups is 2. The van der Waals surface area contributed by atoms with Crippen molar-refractivity contribution in [3.05, 3.63) is 34.9 Å². The molecule has 1 rings (SSSR count). The van der Waals surface area contributed by atoms with Gasteiger partial charge in [-0.2, -0.15) is 0 Å². The van der Waals surface area contributed by atoms with Crippen molar-refractivity contribution in [1.82, 2.24) is 5.32 Å². The summed E-state index contributed by atoms with van der Waals surface area (Å²) >= 11 is 5.78. The van der Waals surface area contributed by atoms with Crippen LogP contribution in [0.2, 0.25) is 5.02 Å². The van der Waals surface area contributed by atoms with E-state index >= 15 is 0 Å². The molecule has 5 nitrogen and oxygen atoms in total. The van der Waals surface area contributed by atoms with Crippen molar-refractivity contribution in [2.75, 3.05) is 0 Å². The van der Waals surface area contributed by atoms with E-state index in [1.807, 2.05) is 0 Å². The topological polar surface area (TPSA) is 89.5 Å². The summed E-state index contributed by atoms with van der Waals surface area (Å²) in [7, 11) is 0. The first-order valence-electron chi connectivity index (χ1n) is 4.87. The third kappa shape index (κ3) is 3.44. The molecule has 0 spiro atoms. The number of nitrogens with one attached hydrogen (secondary N) is 1. The van der Waals surface area contributed by atoms with Crippen LogP contribution in [0.4, 0.5) is 0 Å². The molecule has 0 fully saturated rings. The molecule has 92 valence electrons. The zero-order chi connectivity index (χ0) is 13.0. The number of carboxylic acids is 1. The Kier molecular flexibility index (Phi) is 4.48. The van der Waals surface area contributed by atoms with Gasteiger partial charge in [-0.15, -0.1) is 0 Å². The van der Waals surface area contributed by atoms with Gasteiger partial charge in [0.15, 0.2) is 0 Å². The monoisotopic (exact) mass is 256 g/mol. The van der Waals surface area contributed by atoms with Gasteiger partial charge in [0.25, 0.3) is 5.91 Å². The zero-order valence-electron chi connectivity index (χ0n) is 9.01. The largest absolute Gasteiger partial charge is 0.548 e. The third-order valence-corrected chi connectivity index (χ3v) is 2.47. The van der Waals surface area contributed by atoms with E-state index in [4.69, 9.17) is 11.6 Å². The summed E-state index contributed by atoms with van der Waals surface area (Å²) in [6.45, 7) is 1.24. The smallest absolute Gasteiger partial charge is 0.253 e. The number of benzene rings is 1. The molecule has 0 aromatic heterocycles. The van der Waals surface area contributed by atoms with E-state index in [2.05, 4.69) is 5.32 Å². The number of halogens is 1. The number of carbonyl (C=O) groups excluding carboxylic acids is 2. The lowest BCUT2D eigenvalue weighted by molar-refractivity contribution is -0.310. The number of aliphatic hydroxyl groups is 1. The molecule has 0 bridgehead atoms. The molecule has 2 atom stereocenters. The maximum absolute atomic E-state index is 11.7. The Hall–Kier alpha value is -1.59. The van der Waals surface area contributed by atoms with Crippen molar-refractivity contribution in [3.8, 4) is 0 Å². The number of hydrogen-bond acceptors (Lipinski definition) is 4. The summed E-state index contributed by atoms with van der Waals surface area (Å²) in [5, 5.41) is 22.2. The minimum absolute atomic E-state index is 0.140. The predicted octanol–water partition coefficient (Wildman–Crippen LogP) is -0.431. The Morgan fingerprint density at radius 3 is 2.47 bits per heavy atom. The highest BCUT2D eigenvalue weighted by molar-refractivity contribution is 6.33. The van der Waals surface area contributed by atoms with Crippen molar-refractivity contribution < 1.29 is 19.8 Å². The van der Waals surface area contributed by atoms with Gasteiger partial charge in [0, 0.05) is 0 Å². The first-order chi connectivity index (χ1) is 7.93. The standard InChI is InChI=1S/C11H12ClNO4/c1-6(14)9(11(16)17)13-10(15)7-4-2-3-5-8(7)12/h2-6,9,14H,1H3,(H,13,15)(H,16,17)/p-1/t6-,9-/m0/s1. The quantitative estimate of drug-likeness (QED) is 0.765. The lowest BCUT2D eigenvalue weighted by Gasteiger charge is -2.22. The molecule has 0 radical (unpaired) electrons. The third-order valence-electron chi connectivity index (χ3n) is 2.14. The van der Waals surface area contributed by atoms with Crippen molar-refractivity contribution in [1.29, 1.82) is 0 Å². The lowest BCUT2D eigenvalue weighted by Crippen LogP contribution is -2.53. The molecule has 0 saturated carbocycles. The SMILES string of the molecule is C[C@H](O)[C@H](NC(=O)c1ccccc1Cl)C(=O)[O-]. The Labute approximate surface area is 103 Å². The molecule has 0 heterocycles. The highest BCUT2D eigenvalue weighted by Crippen LogP contribution is 2.14. The maximum Gasteiger partial charge on any atom is 0.253 e. The molecule has 0 aliphatic rings. The molecule has 0 aliphatic heterocycles. The molecule has 1 aromatic rings. The predicted molar refractivity (Wildman–Crippen MR) is 59.4 cm³/mol. The molecule has 17 heavy (non-hydrogen) atoms. The number of aliphatic hydroxyl groups excluding tert-OH is 1. The summed E-state index contributed by atoms with van der Waals surface area (Å²) < 4.78 is 0. The van der Waals surface area contributed by atoms with Crippen LogP contribution in [0.5, 0.6) is 0 Å². The fourth-order valence-corrected chi connectivity index (χ4v) is 1.46. The summed E-state index contributed by atoms with van der Waals surface area (Å²) in [5.74, 6) is -2.23. The second-order valence-corrected chi connectivity index (χ2v) is 3.90. The van der Waals surface area contributed by atoms with Crippen LogP contribution in [0.3, 0.4) is 0 Å². The molecule has 0 saturated heterocycles. The minimum atomic E-state index is -1.56. The normalized spacial score (nSPS) is 13.8. The highest BCUT2D eigenvalue weighted by Gasteiger charge is 2.20. The van der Waals surface area contributed by atoms with Gasteiger partial charge in [-0.25, -0.2) is 0 Å². The van der Waals surface area contributed by atoms with Crippen molar-refractivity contribution in [2.45, 2.75) is 19.1 Å². The van der Waals surface area contributed by atoms with Gasteiger partial charge in [-0.3, -0.25) is 4.79 Å². The van der Waals surface area contributed by atoms with E-state index in [0.29, 0.717) is 0 Å². The van der Waals surface area contributed by atoms with Crippen LogP contribution in [0.15, 0.2) is 24.3 Å². The van der Waals surface area contributed by atoms with Crippen molar-refractivity contribution >= 4 is 23.5 Å². The van der Waals surface area contributed by atoms with Gasteiger partial charge in [-0.05, 0) is 19.1 Å². The van der Waals surface area contributed by atoms with E-state index in [1.54, 1.807) is 12.1 Å². The van der Waals surface area contributed by atoms with E-state index in [0.717, 1.165) is 0 Å². The molecule has 0 unspecified atom stereocenters. The van der Waals surface area contributed by atoms with E-state index in [1.165, 1.54) is 19.1 Å². The van der Waals surface area contributed by atoms with E-state index in [9.17, 15) is 19.8 Å². The van der Waals surface area contributed by atoms with Crippen LogP contribution in [-0.4, -0.2) is 29.1 Å². The lowest BCUT2D eigenvalue weighted by atomic mass is 10.1. The second-order valence-electron chi connectivity index (χ2n) is 3.49. The highest BCUT2D eigenvalue weighted by atomic mass is 35.5. The number of aliphatic carboxylic acids is 1. The van der Waals surface area contributed by atoms with Crippen molar-refractivity contribution in [3.63, 3.8) is 0 Å². The molecule has 1 aromatic carbocycles. The van der Waals surface area contributed by atoms with E-state index in [-0.39, 0.29) is 10.6 Å². The van der Waals surface area contributed by atoms with E-state index < -0.39 is 24.0 Å². The average molecular weight is 257 g/mol. The van der Waals surface area contributed by atoms with Crippen LogP contribution in [-0.2, 0) is 4.79 Å². The first-order valence-corrected chi connectivity index (χ1v) is 5.25. The molecule has 0 aliphatic carbocycles. The summed E-state index contributed by atoms with van der Waals surface area (Å²) in [5.41, 5.74) is 0.140. The molecule has 6 heteroatoms. The molecule has 1 amide bonds. The minimum Gasteiger partial charge on any atom is -0.548 e. The van der Waals surface area contributed by atoms with Crippen LogP contribution < -0.4 is 10.4 Å². The Morgan fingerprint density at radius 1 is 1.41 bits per heavy atom. The van der Waals surface area contributed by atoms with Gasteiger partial charge in [-0.1, -0.05) is 23.7 Å². The number of hydrogen-bond donors (Lipinski definition) is 2. The summed E-state index contributed by atoms with van der Waals surface area (Å²) in [6.07, 6.45) is -1.26. The van der Waals surface area contributed by atoms with Crippen LogP contribution in [0, 0.1) is 0 Å². The summed E-state index contributed by atoms with van der Waals surface area (Å²) in [4.78, 5) is 22.4. The maximum atomic E-state index is 11.7. The number of amides is 1. The average Bonchev–Trinajstić information content (AvgIpc) is 2.25. The van der Waals surface area contributed by atoms with Gasteiger partial charge in [0.05, 0.1) is 28.7 Å². The van der Waals surface area contributed by atoms with Gasteiger partial charge >= 0.3 is 0 Å². The fraction of sp³-hybridized carbons (Fsp3) is 0.273. The van der Waals surface area contributed by atoms with Crippen LogP contribution >= 0.6 is 11.6 Å². The van der Waals surface area contributed by atoms with Gasteiger partial charge in [0.2, 0.25) is 0 Å². The first kappa shape index (κ1) is 13.5. The number of rotatable bonds is 4. The van der Waals surface area contributed by atoms with Crippen LogP contribution in [0.25, 0.3) is 0 Å². The zero-order valence-corrected chi connectivity index (χ0v) is 9.77. The Balaban J connectivity index is 2.85. The van der Waals surface area contributed by atoms with Crippen LogP contribution in [0.1, 0.15) is 17.3 Å². The number of carboxylic acid groups (broad SMARTS) is 1. The summed E-state index contributed by atoms with van der Waals surface area (Å²) in [6, 6.07) is 4.72.